The number of amides is 2. The van der Waals surface area contributed by atoms with Crippen molar-refractivity contribution in [3.05, 3.63) is 70.9 Å². The Morgan fingerprint density at radius 2 is 1.90 bits per heavy atom. The van der Waals surface area contributed by atoms with Crippen LogP contribution >= 0.6 is 23.2 Å². The first-order valence-electron chi connectivity index (χ1n) is 9.71. The van der Waals surface area contributed by atoms with Crippen LogP contribution in [0.4, 0.5) is 5.69 Å². The van der Waals surface area contributed by atoms with E-state index in [-0.39, 0.29) is 18.5 Å². The average molecular weight is 447 g/mol. The van der Waals surface area contributed by atoms with Gasteiger partial charge in [-0.1, -0.05) is 48.0 Å². The summed E-state index contributed by atoms with van der Waals surface area (Å²) in [6.45, 7) is 3.38. The highest BCUT2D eigenvalue weighted by Crippen LogP contribution is 2.33. The average Bonchev–Trinajstić information content (AvgIpc) is 2.72. The monoisotopic (exact) mass is 446 g/mol. The lowest BCUT2D eigenvalue weighted by molar-refractivity contribution is -0.147. The molecule has 5 nitrogen and oxygen atoms in total. The van der Waals surface area contributed by atoms with Gasteiger partial charge in [0.1, 0.15) is 11.3 Å². The van der Waals surface area contributed by atoms with Crippen LogP contribution in [0.25, 0.3) is 5.57 Å². The largest absolute Gasteiger partial charge is 0.476 e. The van der Waals surface area contributed by atoms with Gasteiger partial charge in [-0.2, -0.15) is 0 Å². The molecular formula is C23H24Cl2N2O3. The van der Waals surface area contributed by atoms with E-state index in [0.717, 1.165) is 5.56 Å². The first-order valence-corrected chi connectivity index (χ1v) is 10.6. The molecular weight excluding hydrogens is 423 g/mol. The molecule has 7 heteroatoms. The number of ether oxygens (including phenoxy) is 1. The van der Waals surface area contributed by atoms with Gasteiger partial charge in [-0.3, -0.25) is 14.5 Å². The van der Waals surface area contributed by atoms with Crippen molar-refractivity contribution in [1.82, 2.24) is 4.90 Å². The molecule has 30 heavy (non-hydrogen) atoms. The van der Waals surface area contributed by atoms with E-state index in [1.54, 1.807) is 38.1 Å². The third-order valence-corrected chi connectivity index (χ3v) is 5.52. The number of hydrogen-bond donors (Lipinski definition) is 1. The maximum absolute atomic E-state index is 13.5. The van der Waals surface area contributed by atoms with Crippen molar-refractivity contribution in [2.24, 2.45) is 0 Å². The molecule has 158 valence electrons. The smallest absolute Gasteiger partial charge is 0.261 e. The molecule has 0 spiro atoms. The van der Waals surface area contributed by atoms with E-state index in [1.807, 2.05) is 30.3 Å². The normalized spacial score (nSPS) is 14.5. The zero-order chi connectivity index (χ0) is 21.7. The minimum atomic E-state index is -1.16. The molecule has 0 aliphatic carbocycles. The van der Waals surface area contributed by atoms with Crippen LogP contribution in [0, 0.1) is 0 Å². The minimum absolute atomic E-state index is 0.0112. The van der Waals surface area contributed by atoms with E-state index in [9.17, 15) is 9.59 Å². The molecule has 0 bridgehead atoms. The van der Waals surface area contributed by atoms with Crippen LogP contribution in [0.15, 0.2) is 60.4 Å². The van der Waals surface area contributed by atoms with E-state index in [4.69, 9.17) is 27.9 Å². The molecule has 1 aliphatic rings. The Kier molecular flexibility index (Phi) is 7.06. The molecule has 1 heterocycles. The Labute approximate surface area is 186 Å². The topological polar surface area (TPSA) is 58.6 Å². The molecule has 0 atom stereocenters. The maximum Gasteiger partial charge on any atom is 0.261 e. The number of rotatable bonds is 7. The van der Waals surface area contributed by atoms with Crippen molar-refractivity contribution in [2.75, 3.05) is 17.9 Å². The van der Waals surface area contributed by atoms with Crippen LogP contribution < -0.4 is 5.32 Å². The van der Waals surface area contributed by atoms with Crippen LogP contribution in [0.2, 0.25) is 5.02 Å². The van der Waals surface area contributed by atoms with Crippen LogP contribution in [-0.2, 0) is 14.3 Å². The molecule has 3 rings (SSSR count). The van der Waals surface area contributed by atoms with Gasteiger partial charge < -0.3 is 10.1 Å². The third kappa shape index (κ3) is 4.79. The number of anilines is 1. The highest BCUT2D eigenvalue weighted by Gasteiger charge is 2.42. The van der Waals surface area contributed by atoms with Crippen LogP contribution in [0.1, 0.15) is 32.3 Å². The lowest BCUT2D eigenvalue weighted by Gasteiger charge is -2.40. The fourth-order valence-electron chi connectivity index (χ4n) is 3.23. The molecule has 1 N–H and O–H groups in total. The number of halogens is 2. The molecule has 0 saturated heterocycles. The Hall–Kier alpha value is -2.50. The van der Waals surface area contributed by atoms with Crippen molar-refractivity contribution in [3.8, 4) is 0 Å². The number of carbonyl (C=O) groups is 2. The summed E-state index contributed by atoms with van der Waals surface area (Å²) in [7, 11) is 0. The van der Waals surface area contributed by atoms with E-state index in [1.165, 1.54) is 4.90 Å². The van der Waals surface area contributed by atoms with E-state index in [0.29, 0.717) is 40.8 Å². The number of hydrogen-bond acceptors (Lipinski definition) is 3. The summed E-state index contributed by atoms with van der Waals surface area (Å²) in [4.78, 5) is 28.0. The van der Waals surface area contributed by atoms with Gasteiger partial charge in [0.05, 0.1) is 5.57 Å². The van der Waals surface area contributed by atoms with Crippen LogP contribution in [0.3, 0.4) is 0 Å². The fourth-order valence-corrected chi connectivity index (χ4v) is 3.55. The number of nitrogens with zero attached hydrogens (tertiary/aromatic N) is 1. The summed E-state index contributed by atoms with van der Waals surface area (Å²) in [5, 5.41) is 3.35. The molecule has 0 unspecified atom stereocenters. The van der Waals surface area contributed by atoms with E-state index in [2.05, 4.69) is 5.32 Å². The molecule has 0 aromatic heterocycles. The van der Waals surface area contributed by atoms with Crippen LogP contribution in [0.5, 0.6) is 0 Å². The number of alkyl halides is 1. The molecule has 2 amide bonds. The zero-order valence-corrected chi connectivity index (χ0v) is 18.5. The summed E-state index contributed by atoms with van der Waals surface area (Å²) in [5.41, 5.74) is 0.628. The van der Waals surface area contributed by atoms with Gasteiger partial charge >= 0.3 is 0 Å². The van der Waals surface area contributed by atoms with Gasteiger partial charge in [0.2, 0.25) is 5.91 Å². The van der Waals surface area contributed by atoms with Crippen molar-refractivity contribution in [2.45, 2.75) is 32.2 Å². The highest BCUT2D eigenvalue weighted by atomic mass is 35.5. The molecule has 0 radical (unpaired) electrons. The molecule has 1 aliphatic heterocycles. The minimum Gasteiger partial charge on any atom is -0.476 e. The van der Waals surface area contributed by atoms with Gasteiger partial charge in [0, 0.05) is 23.0 Å². The Morgan fingerprint density at radius 1 is 1.17 bits per heavy atom. The van der Waals surface area contributed by atoms with Gasteiger partial charge in [0.15, 0.2) is 6.73 Å². The summed E-state index contributed by atoms with van der Waals surface area (Å²) in [6, 6.07) is 16.2. The lowest BCUT2D eigenvalue weighted by atomic mass is 9.95. The second kappa shape index (κ2) is 9.54. The van der Waals surface area contributed by atoms with E-state index >= 15 is 0 Å². The predicted octanol–water partition coefficient (Wildman–Crippen LogP) is 5.30. The Morgan fingerprint density at radius 3 is 2.57 bits per heavy atom. The first-order chi connectivity index (χ1) is 14.3. The Balaban J connectivity index is 1.89. The highest BCUT2D eigenvalue weighted by molar-refractivity contribution is 6.31. The summed E-state index contributed by atoms with van der Waals surface area (Å²) < 4.78 is 5.96. The number of benzene rings is 2. The lowest BCUT2D eigenvalue weighted by Crippen LogP contribution is -2.57. The quantitative estimate of drug-likeness (QED) is 0.586. The summed E-state index contributed by atoms with van der Waals surface area (Å²) in [6.07, 6.45) is 1.25. The summed E-state index contributed by atoms with van der Waals surface area (Å²) in [5.74, 6) is 0.496. The second-order valence-electron chi connectivity index (χ2n) is 7.49. The number of carbonyl (C=O) groups excluding carboxylic acids is 2. The zero-order valence-electron chi connectivity index (χ0n) is 17.0. The first kappa shape index (κ1) is 22.2. The SMILES string of the molecule is CC(C)(C(=O)Nc1cccc(Cl)c1)N1COC(CCCCl)=C(c2ccccc2)C1=O. The molecule has 0 fully saturated rings. The third-order valence-electron chi connectivity index (χ3n) is 5.02. The van der Waals surface area contributed by atoms with E-state index < -0.39 is 5.54 Å². The van der Waals surface area contributed by atoms with Crippen molar-refractivity contribution in [3.63, 3.8) is 0 Å². The molecule has 2 aromatic rings. The standard InChI is InChI=1S/C23H24Cl2N2O3/c1-23(2,22(29)26-18-11-6-10-17(25)14-18)27-15-30-19(12-7-13-24)20(21(27)28)16-8-4-3-5-9-16/h3-6,8-11,14H,7,12-13,15H2,1-2H3,(H,26,29). The van der Waals surface area contributed by atoms with Gasteiger partial charge in [-0.15, -0.1) is 11.6 Å². The number of allylic oxidation sites excluding steroid dienone is 1. The van der Waals surface area contributed by atoms with Gasteiger partial charge in [-0.25, -0.2) is 0 Å². The van der Waals surface area contributed by atoms with Gasteiger partial charge in [-0.05, 0) is 44.0 Å². The predicted molar refractivity (Wildman–Crippen MR) is 120 cm³/mol. The maximum atomic E-state index is 13.5. The van der Waals surface area contributed by atoms with Crippen molar-refractivity contribution in [1.29, 1.82) is 0 Å². The molecule has 0 saturated carbocycles. The van der Waals surface area contributed by atoms with Crippen molar-refractivity contribution < 1.29 is 14.3 Å². The van der Waals surface area contributed by atoms with Gasteiger partial charge in [0.25, 0.3) is 5.91 Å². The number of nitrogens with one attached hydrogen (secondary N) is 1. The summed E-state index contributed by atoms with van der Waals surface area (Å²) >= 11 is 11.9. The second-order valence-corrected chi connectivity index (χ2v) is 8.30. The fraction of sp³-hybridized carbons (Fsp3) is 0.304. The van der Waals surface area contributed by atoms with Crippen LogP contribution in [-0.4, -0.2) is 34.9 Å². The van der Waals surface area contributed by atoms with Crippen molar-refractivity contribution >= 4 is 46.3 Å². The molecule has 2 aromatic carbocycles. The Bertz CT molecular complexity index is 958.